The third kappa shape index (κ3) is 4.78. The molecule has 0 heterocycles. The minimum Gasteiger partial charge on any atom is -0.303 e. The average Bonchev–Trinajstić information content (AvgIpc) is 2.20. The molecule has 0 saturated heterocycles. The van der Waals surface area contributed by atoms with Crippen molar-refractivity contribution in [1.29, 1.82) is 0 Å². The second kappa shape index (κ2) is 6.39. The van der Waals surface area contributed by atoms with Crippen molar-refractivity contribution in [3.05, 3.63) is 35.4 Å². The van der Waals surface area contributed by atoms with Crippen molar-refractivity contribution in [3.8, 4) is 0 Å². The van der Waals surface area contributed by atoms with E-state index in [9.17, 15) is 4.79 Å². The van der Waals surface area contributed by atoms with Gasteiger partial charge in [-0.05, 0) is 36.3 Å². The SMILES string of the molecule is CC(C)Cc1ccc(CCCC=O)cc1. The molecule has 0 amide bonds. The van der Waals surface area contributed by atoms with E-state index in [1.165, 1.54) is 11.1 Å². The van der Waals surface area contributed by atoms with Crippen LogP contribution < -0.4 is 0 Å². The smallest absolute Gasteiger partial charge is 0.120 e. The monoisotopic (exact) mass is 204 g/mol. The van der Waals surface area contributed by atoms with Crippen molar-refractivity contribution in [2.24, 2.45) is 5.92 Å². The first-order chi connectivity index (χ1) is 7.22. The van der Waals surface area contributed by atoms with Gasteiger partial charge in [-0.25, -0.2) is 0 Å². The third-order valence-electron chi connectivity index (χ3n) is 2.45. The van der Waals surface area contributed by atoms with Crippen LogP contribution in [-0.2, 0) is 17.6 Å². The molecule has 82 valence electrons. The summed E-state index contributed by atoms with van der Waals surface area (Å²) in [6, 6.07) is 8.78. The summed E-state index contributed by atoms with van der Waals surface area (Å²) in [5, 5.41) is 0. The van der Waals surface area contributed by atoms with E-state index in [4.69, 9.17) is 0 Å². The quantitative estimate of drug-likeness (QED) is 0.512. The zero-order chi connectivity index (χ0) is 11.1. The van der Waals surface area contributed by atoms with Gasteiger partial charge in [-0.15, -0.1) is 0 Å². The Kier molecular flexibility index (Phi) is 5.09. The lowest BCUT2D eigenvalue weighted by Gasteiger charge is -2.06. The first kappa shape index (κ1) is 12.0. The lowest BCUT2D eigenvalue weighted by atomic mass is 10.0. The Morgan fingerprint density at radius 3 is 2.27 bits per heavy atom. The molecule has 0 radical (unpaired) electrons. The summed E-state index contributed by atoms with van der Waals surface area (Å²) < 4.78 is 0. The maximum absolute atomic E-state index is 10.2. The molecule has 0 atom stereocenters. The number of benzene rings is 1. The number of hydrogen-bond acceptors (Lipinski definition) is 1. The van der Waals surface area contributed by atoms with Gasteiger partial charge in [0.1, 0.15) is 6.29 Å². The third-order valence-corrected chi connectivity index (χ3v) is 2.45. The second-order valence-corrected chi connectivity index (χ2v) is 4.47. The maximum Gasteiger partial charge on any atom is 0.120 e. The van der Waals surface area contributed by atoms with E-state index in [0.29, 0.717) is 12.3 Å². The number of aryl methyl sites for hydroxylation is 1. The molecule has 0 saturated carbocycles. The average molecular weight is 204 g/mol. The molecule has 0 fully saturated rings. The van der Waals surface area contributed by atoms with Crippen molar-refractivity contribution in [2.45, 2.75) is 39.5 Å². The summed E-state index contributed by atoms with van der Waals surface area (Å²) in [7, 11) is 0. The number of hydrogen-bond donors (Lipinski definition) is 0. The van der Waals surface area contributed by atoms with E-state index in [1.807, 2.05) is 0 Å². The minimum absolute atomic E-state index is 0.674. The first-order valence-corrected chi connectivity index (χ1v) is 5.74. The molecule has 1 nitrogen and oxygen atoms in total. The molecule has 0 spiro atoms. The van der Waals surface area contributed by atoms with Gasteiger partial charge in [0, 0.05) is 6.42 Å². The predicted molar refractivity (Wildman–Crippen MR) is 64.0 cm³/mol. The molecular formula is C14H20O. The highest BCUT2D eigenvalue weighted by atomic mass is 16.1. The zero-order valence-electron chi connectivity index (χ0n) is 9.70. The maximum atomic E-state index is 10.2. The topological polar surface area (TPSA) is 17.1 Å². The van der Waals surface area contributed by atoms with Crippen molar-refractivity contribution in [3.63, 3.8) is 0 Å². The Morgan fingerprint density at radius 2 is 1.73 bits per heavy atom. The van der Waals surface area contributed by atoms with Crippen molar-refractivity contribution in [2.75, 3.05) is 0 Å². The molecule has 0 aliphatic heterocycles. The predicted octanol–water partition coefficient (Wildman–Crippen LogP) is 3.41. The highest BCUT2D eigenvalue weighted by Crippen LogP contribution is 2.11. The van der Waals surface area contributed by atoms with Crippen LogP contribution in [0.4, 0.5) is 0 Å². The summed E-state index contributed by atoms with van der Waals surface area (Å²) in [4.78, 5) is 10.2. The van der Waals surface area contributed by atoms with Gasteiger partial charge in [-0.1, -0.05) is 38.1 Å². The Morgan fingerprint density at radius 1 is 1.13 bits per heavy atom. The van der Waals surface area contributed by atoms with Crippen LogP contribution in [0.1, 0.15) is 37.8 Å². The fourth-order valence-electron chi connectivity index (χ4n) is 1.70. The van der Waals surface area contributed by atoms with Crippen LogP contribution in [-0.4, -0.2) is 6.29 Å². The lowest BCUT2D eigenvalue weighted by molar-refractivity contribution is -0.107. The molecule has 0 N–H and O–H groups in total. The second-order valence-electron chi connectivity index (χ2n) is 4.47. The van der Waals surface area contributed by atoms with E-state index in [2.05, 4.69) is 38.1 Å². The Balaban J connectivity index is 2.45. The molecule has 0 unspecified atom stereocenters. The van der Waals surface area contributed by atoms with Crippen LogP contribution in [0.3, 0.4) is 0 Å². The highest BCUT2D eigenvalue weighted by Gasteiger charge is 1.98. The fraction of sp³-hybridized carbons (Fsp3) is 0.500. The normalized spacial score (nSPS) is 10.6. The number of unbranched alkanes of at least 4 members (excludes halogenated alkanes) is 1. The van der Waals surface area contributed by atoms with Gasteiger partial charge in [-0.3, -0.25) is 0 Å². The number of rotatable bonds is 6. The molecule has 0 bridgehead atoms. The number of carbonyl (C=O) groups excluding carboxylic acids is 1. The van der Waals surface area contributed by atoms with Crippen LogP contribution in [0.2, 0.25) is 0 Å². The molecule has 1 rings (SSSR count). The van der Waals surface area contributed by atoms with Crippen molar-refractivity contribution < 1.29 is 4.79 Å². The standard InChI is InChI=1S/C14H20O/c1-12(2)11-14-8-6-13(7-9-14)5-3-4-10-15/h6-10,12H,3-5,11H2,1-2H3. The van der Waals surface area contributed by atoms with Crippen molar-refractivity contribution in [1.82, 2.24) is 0 Å². The molecular weight excluding hydrogens is 184 g/mol. The summed E-state index contributed by atoms with van der Waals surface area (Å²) in [5.41, 5.74) is 2.74. The Labute approximate surface area is 92.5 Å². The molecule has 0 aromatic heterocycles. The van der Waals surface area contributed by atoms with Crippen LogP contribution in [0.15, 0.2) is 24.3 Å². The summed E-state index contributed by atoms with van der Waals surface area (Å²) in [5.74, 6) is 0.714. The van der Waals surface area contributed by atoms with E-state index in [1.54, 1.807) is 0 Å². The lowest BCUT2D eigenvalue weighted by Crippen LogP contribution is -1.94. The fourth-order valence-corrected chi connectivity index (χ4v) is 1.70. The summed E-state index contributed by atoms with van der Waals surface area (Å²) >= 11 is 0. The van der Waals surface area contributed by atoms with Crippen LogP contribution in [0.5, 0.6) is 0 Å². The van der Waals surface area contributed by atoms with Gasteiger partial charge < -0.3 is 4.79 Å². The minimum atomic E-state index is 0.674. The largest absolute Gasteiger partial charge is 0.303 e. The van der Waals surface area contributed by atoms with Gasteiger partial charge in [0.05, 0.1) is 0 Å². The van der Waals surface area contributed by atoms with Crippen LogP contribution in [0.25, 0.3) is 0 Å². The summed E-state index contributed by atoms with van der Waals surface area (Å²) in [6.07, 6.45) is 4.79. The van der Waals surface area contributed by atoms with Crippen molar-refractivity contribution >= 4 is 6.29 Å². The number of carbonyl (C=O) groups is 1. The summed E-state index contributed by atoms with van der Waals surface area (Å²) in [6.45, 7) is 4.47. The van der Waals surface area contributed by atoms with Gasteiger partial charge in [0.15, 0.2) is 0 Å². The molecule has 1 aromatic rings. The molecule has 1 heteroatoms. The zero-order valence-corrected chi connectivity index (χ0v) is 9.70. The van der Waals surface area contributed by atoms with Gasteiger partial charge >= 0.3 is 0 Å². The molecule has 0 aliphatic carbocycles. The Bertz CT molecular complexity index is 285. The molecule has 0 aliphatic rings. The van der Waals surface area contributed by atoms with Gasteiger partial charge in [0.2, 0.25) is 0 Å². The van der Waals surface area contributed by atoms with E-state index in [0.717, 1.165) is 25.5 Å². The first-order valence-electron chi connectivity index (χ1n) is 5.74. The van der Waals surface area contributed by atoms with E-state index >= 15 is 0 Å². The van der Waals surface area contributed by atoms with Gasteiger partial charge in [-0.2, -0.15) is 0 Å². The Hall–Kier alpha value is -1.11. The van der Waals surface area contributed by atoms with E-state index in [-0.39, 0.29) is 0 Å². The molecule has 15 heavy (non-hydrogen) atoms. The highest BCUT2D eigenvalue weighted by molar-refractivity contribution is 5.49. The van der Waals surface area contributed by atoms with Crippen LogP contribution in [0, 0.1) is 5.92 Å². The number of aldehydes is 1. The van der Waals surface area contributed by atoms with E-state index < -0.39 is 0 Å². The molecule has 1 aromatic carbocycles. The van der Waals surface area contributed by atoms with Crippen LogP contribution >= 0.6 is 0 Å². The van der Waals surface area contributed by atoms with Gasteiger partial charge in [0.25, 0.3) is 0 Å².